The van der Waals surface area contributed by atoms with Crippen molar-refractivity contribution in [3.05, 3.63) is 89.2 Å². The van der Waals surface area contributed by atoms with E-state index in [1.807, 2.05) is 36.4 Å². The van der Waals surface area contributed by atoms with Crippen molar-refractivity contribution in [2.24, 2.45) is 5.41 Å². The van der Waals surface area contributed by atoms with E-state index in [1.54, 1.807) is 0 Å². The predicted octanol–water partition coefficient (Wildman–Crippen LogP) is 6.79. The van der Waals surface area contributed by atoms with Crippen LogP contribution in [0.2, 0.25) is 0 Å². The molecule has 0 aromatic heterocycles. The molecule has 2 aromatic carbocycles. The van der Waals surface area contributed by atoms with E-state index in [2.05, 4.69) is 80.4 Å². The largest absolute Gasteiger partial charge is 0.372 e. The maximum atomic E-state index is 9.80. The van der Waals surface area contributed by atoms with Crippen molar-refractivity contribution >= 4 is 17.5 Å². The Labute approximate surface area is 181 Å². The quantitative estimate of drug-likeness (QED) is 0.523. The van der Waals surface area contributed by atoms with E-state index in [-0.39, 0.29) is 5.41 Å². The van der Waals surface area contributed by atoms with Crippen LogP contribution in [0.1, 0.15) is 39.7 Å². The molecule has 0 saturated heterocycles. The second-order valence-electron chi connectivity index (χ2n) is 8.36. The van der Waals surface area contributed by atoms with Gasteiger partial charge in [0.25, 0.3) is 0 Å². The van der Waals surface area contributed by atoms with Crippen LogP contribution in [0, 0.1) is 16.7 Å². The first-order valence-electron chi connectivity index (χ1n) is 10.7. The van der Waals surface area contributed by atoms with E-state index in [4.69, 9.17) is 0 Å². The van der Waals surface area contributed by atoms with E-state index in [0.717, 1.165) is 42.0 Å². The summed E-state index contributed by atoms with van der Waals surface area (Å²) in [6, 6.07) is 21.0. The molecular formula is C27H31N3. The van der Waals surface area contributed by atoms with Crippen molar-refractivity contribution in [2.45, 2.75) is 34.1 Å². The molecule has 1 aliphatic carbocycles. The summed E-state index contributed by atoms with van der Waals surface area (Å²) >= 11 is 0. The number of benzene rings is 2. The molecule has 0 heterocycles. The van der Waals surface area contributed by atoms with Gasteiger partial charge in [-0.15, -0.1) is 0 Å². The Kier molecular flexibility index (Phi) is 6.79. The molecular weight excluding hydrogens is 366 g/mol. The first-order chi connectivity index (χ1) is 14.4. The molecule has 2 aromatic rings. The molecule has 0 unspecified atom stereocenters. The number of nitrogens with one attached hydrogen (secondary N) is 1. The van der Waals surface area contributed by atoms with Gasteiger partial charge in [-0.2, -0.15) is 5.26 Å². The van der Waals surface area contributed by atoms with Crippen LogP contribution in [0.3, 0.4) is 0 Å². The molecule has 0 spiro atoms. The Bertz CT molecular complexity index is 983. The standard InChI is InChI=1S/C27H31N3/c1-5-30(6-2)26-14-12-24(13-15-26)29-25-17-22(18-27(3,4)19-25)23(20-28)16-21-10-8-7-9-11-21/h7-18,29H,5-6,19H2,1-4H3. The van der Waals surface area contributed by atoms with Crippen LogP contribution in [0.5, 0.6) is 0 Å². The fourth-order valence-electron chi connectivity index (χ4n) is 3.90. The van der Waals surface area contributed by atoms with Gasteiger partial charge in [0.15, 0.2) is 0 Å². The SMILES string of the molecule is CCN(CC)c1ccc(NC2=CC(C(C#N)=Cc3ccccc3)=CC(C)(C)C2)cc1. The Morgan fingerprint density at radius 3 is 2.33 bits per heavy atom. The minimum Gasteiger partial charge on any atom is -0.372 e. The summed E-state index contributed by atoms with van der Waals surface area (Å²) in [4.78, 5) is 2.33. The summed E-state index contributed by atoms with van der Waals surface area (Å²) in [5.74, 6) is 0. The van der Waals surface area contributed by atoms with Gasteiger partial charge in [-0.1, -0.05) is 50.3 Å². The molecule has 3 heteroatoms. The molecule has 3 rings (SSSR count). The molecule has 154 valence electrons. The molecule has 0 amide bonds. The molecule has 0 fully saturated rings. The highest BCUT2D eigenvalue weighted by molar-refractivity contribution is 5.68. The fourth-order valence-corrected chi connectivity index (χ4v) is 3.90. The molecule has 0 atom stereocenters. The van der Waals surface area contributed by atoms with Gasteiger partial charge in [0.05, 0.1) is 11.6 Å². The van der Waals surface area contributed by atoms with E-state index in [1.165, 1.54) is 5.69 Å². The number of rotatable bonds is 7. The van der Waals surface area contributed by atoms with Gasteiger partial charge in [0.2, 0.25) is 0 Å². The van der Waals surface area contributed by atoms with Crippen LogP contribution in [0.4, 0.5) is 11.4 Å². The van der Waals surface area contributed by atoms with Crippen molar-refractivity contribution in [1.82, 2.24) is 0 Å². The number of nitrogens with zero attached hydrogens (tertiary/aromatic N) is 2. The molecule has 0 saturated carbocycles. The molecule has 1 aliphatic rings. The van der Waals surface area contributed by atoms with Crippen LogP contribution in [0.15, 0.2) is 83.6 Å². The van der Waals surface area contributed by atoms with Crippen LogP contribution < -0.4 is 10.2 Å². The summed E-state index contributed by atoms with van der Waals surface area (Å²) < 4.78 is 0. The zero-order valence-electron chi connectivity index (χ0n) is 18.4. The third-order valence-electron chi connectivity index (χ3n) is 5.36. The summed E-state index contributed by atoms with van der Waals surface area (Å²) in [6.45, 7) is 10.8. The van der Waals surface area contributed by atoms with Gasteiger partial charge in [-0.3, -0.25) is 0 Å². The second-order valence-corrected chi connectivity index (χ2v) is 8.36. The Hall–Kier alpha value is -3.25. The summed E-state index contributed by atoms with van der Waals surface area (Å²) in [5.41, 5.74) is 6.10. The Morgan fingerprint density at radius 1 is 1.07 bits per heavy atom. The second kappa shape index (κ2) is 9.50. The van der Waals surface area contributed by atoms with Crippen molar-refractivity contribution in [3.63, 3.8) is 0 Å². The first-order valence-corrected chi connectivity index (χ1v) is 10.7. The molecule has 0 radical (unpaired) electrons. The van der Waals surface area contributed by atoms with Crippen LogP contribution in [-0.4, -0.2) is 13.1 Å². The zero-order valence-corrected chi connectivity index (χ0v) is 18.4. The van der Waals surface area contributed by atoms with E-state index < -0.39 is 0 Å². The lowest BCUT2D eigenvalue weighted by molar-refractivity contribution is 0.469. The minimum atomic E-state index is -0.0276. The lowest BCUT2D eigenvalue weighted by atomic mass is 9.80. The van der Waals surface area contributed by atoms with Crippen molar-refractivity contribution < 1.29 is 0 Å². The normalized spacial score (nSPS) is 15.6. The van der Waals surface area contributed by atoms with Crippen molar-refractivity contribution in [1.29, 1.82) is 5.26 Å². The Balaban J connectivity index is 1.85. The molecule has 3 nitrogen and oxygen atoms in total. The summed E-state index contributed by atoms with van der Waals surface area (Å²) in [6.07, 6.45) is 7.18. The summed E-state index contributed by atoms with van der Waals surface area (Å²) in [7, 11) is 0. The highest BCUT2D eigenvalue weighted by Crippen LogP contribution is 2.36. The predicted molar refractivity (Wildman–Crippen MR) is 128 cm³/mol. The van der Waals surface area contributed by atoms with Gasteiger partial charge in [-0.25, -0.2) is 0 Å². The highest BCUT2D eigenvalue weighted by Gasteiger charge is 2.24. The van der Waals surface area contributed by atoms with Gasteiger partial charge in [0.1, 0.15) is 0 Å². The molecule has 0 bridgehead atoms. The van der Waals surface area contributed by atoms with E-state index in [0.29, 0.717) is 5.57 Å². The Morgan fingerprint density at radius 2 is 1.73 bits per heavy atom. The molecule has 1 N–H and O–H groups in total. The van der Waals surface area contributed by atoms with Crippen molar-refractivity contribution in [2.75, 3.05) is 23.3 Å². The van der Waals surface area contributed by atoms with Gasteiger partial charge < -0.3 is 10.2 Å². The van der Waals surface area contributed by atoms with Crippen LogP contribution >= 0.6 is 0 Å². The lowest BCUT2D eigenvalue weighted by Gasteiger charge is -2.29. The highest BCUT2D eigenvalue weighted by atomic mass is 15.1. The topological polar surface area (TPSA) is 39.1 Å². The minimum absolute atomic E-state index is 0.0276. The molecule has 30 heavy (non-hydrogen) atoms. The first kappa shape index (κ1) is 21.5. The van der Waals surface area contributed by atoms with Gasteiger partial charge in [0, 0.05) is 30.2 Å². The smallest absolute Gasteiger partial charge is 0.0998 e. The number of nitriles is 1. The third-order valence-corrected chi connectivity index (χ3v) is 5.36. The van der Waals surface area contributed by atoms with E-state index >= 15 is 0 Å². The van der Waals surface area contributed by atoms with Crippen LogP contribution in [0.25, 0.3) is 6.08 Å². The summed E-state index contributed by atoms with van der Waals surface area (Å²) in [5, 5.41) is 13.4. The number of hydrogen-bond acceptors (Lipinski definition) is 3. The fraction of sp³-hybridized carbons (Fsp3) is 0.296. The zero-order chi connectivity index (χ0) is 21.6. The molecule has 0 aliphatic heterocycles. The number of hydrogen-bond donors (Lipinski definition) is 1. The average molecular weight is 398 g/mol. The maximum Gasteiger partial charge on any atom is 0.0998 e. The van der Waals surface area contributed by atoms with Crippen LogP contribution in [-0.2, 0) is 0 Å². The maximum absolute atomic E-state index is 9.80. The van der Waals surface area contributed by atoms with E-state index in [9.17, 15) is 5.26 Å². The van der Waals surface area contributed by atoms with Gasteiger partial charge >= 0.3 is 0 Å². The van der Waals surface area contributed by atoms with Gasteiger partial charge in [-0.05, 0) is 73.2 Å². The van der Waals surface area contributed by atoms with Crippen molar-refractivity contribution in [3.8, 4) is 6.07 Å². The average Bonchev–Trinajstić information content (AvgIpc) is 2.73. The monoisotopic (exact) mass is 397 g/mol. The lowest BCUT2D eigenvalue weighted by Crippen LogP contribution is -2.21. The number of anilines is 2. The number of allylic oxidation sites excluding steroid dienone is 5. The third kappa shape index (κ3) is 5.42.